The Bertz CT molecular complexity index is 748. The zero-order valence-electron chi connectivity index (χ0n) is 12.4. The molecule has 0 saturated heterocycles. The molecule has 118 valence electrons. The summed E-state index contributed by atoms with van der Waals surface area (Å²) in [7, 11) is 0. The summed E-state index contributed by atoms with van der Waals surface area (Å²) >= 11 is 1.79. The fraction of sp³-hybridized carbons (Fsp3) is 0.235. The highest BCUT2D eigenvalue weighted by Gasteiger charge is 2.23. The van der Waals surface area contributed by atoms with Crippen LogP contribution < -0.4 is 5.32 Å². The highest BCUT2D eigenvalue weighted by atomic mass is 32.2. The quantitative estimate of drug-likeness (QED) is 0.689. The second-order valence-electron chi connectivity index (χ2n) is 5.36. The maximum atomic E-state index is 12.3. The molecule has 1 atom stereocenters. The molecule has 0 bridgehead atoms. The van der Waals surface area contributed by atoms with E-state index in [2.05, 4.69) is 11.4 Å². The second-order valence-corrected chi connectivity index (χ2v) is 6.49. The first-order valence-corrected chi connectivity index (χ1v) is 8.37. The van der Waals surface area contributed by atoms with Crippen LogP contribution in [0, 0.1) is 10.1 Å². The minimum atomic E-state index is -0.449. The van der Waals surface area contributed by atoms with Crippen molar-refractivity contribution in [2.45, 2.75) is 23.8 Å². The summed E-state index contributed by atoms with van der Waals surface area (Å²) in [6, 6.07) is 14.4. The molecule has 5 nitrogen and oxygen atoms in total. The normalized spacial score (nSPS) is 16.4. The maximum absolute atomic E-state index is 12.3. The van der Waals surface area contributed by atoms with Gasteiger partial charge in [0.15, 0.2) is 0 Å². The number of nitrogens with zero attached hydrogens (tertiary/aromatic N) is 1. The minimum Gasteiger partial charge on any atom is -0.349 e. The molecule has 1 heterocycles. The van der Waals surface area contributed by atoms with Gasteiger partial charge in [-0.2, -0.15) is 0 Å². The fourth-order valence-corrected chi connectivity index (χ4v) is 3.87. The van der Waals surface area contributed by atoms with Crippen molar-refractivity contribution < 1.29 is 9.72 Å². The predicted octanol–water partition coefficient (Wildman–Crippen LogP) is 3.49. The molecule has 1 aliphatic heterocycles. The second kappa shape index (κ2) is 6.83. The number of carbonyl (C=O) groups excluding carboxylic acids is 1. The van der Waals surface area contributed by atoms with E-state index in [1.807, 2.05) is 18.2 Å². The predicted molar refractivity (Wildman–Crippen MR) is 89.5 cm³/mol. The van der Waals surface area contributed by atoms with Crippen molar-refractivity contribution in [3.63, 3.8) is 0 Å². The number of hydrogen-bond donors (Lipinski definition) is 1. The van der Waals surface area contributed by atoms with Gasteiger partial charge in [0.2, 0.25) is 5.91 Å². The van der Waals surface area contributed by atoms with Gasteiger partial charge in [-0.3, -0.25) is 14.9 Å². The van der Waals surface area contributed by atoms with E-state index < -0.39 is 4.92 Å². The van der Waals surface area contributed by atoms with Gasteiger partial charge in [0, 0.05) is 22.3 Å². The number of fused-ring (bicyclic) bond motifs is 1. The Morgan fingerprint density at radius 2 is 1.96 bits per heavy atom. The molecule has 0 saturated carbocycles. The smallest absolute Gasteiger partial charge is 0.273 e. The lowest BCUT2D eigenvalue weighted by atomic mass is 10.0. The molecule has 1 N–H and O–H groups in total. The third-order valence-corrected chi connectivity index (χ3v) is 4.96. The maximum Gasteiger partial charge on any atom is 0.273 e. The minimum absolute atomic E-state index is 0.0118. The van der Waals surface area contributed by atoms with Crippen molar-refractivity contribution in [3.05, 3.63) is 69.8 Å². The third kappa shape index (κ3) is 3.53. The number of rotatable bonds is 4. The van der Waals surface area contributed by atoms with E-state index in [9.17, 15) is 14.9 Å². The van der Waals surface area contributed by atoms with Crippen molar-refractivity contribution in [1.29, 1.82) is 0 Å². The molecule has 0 aliphatic carbocycles. The fourth-order valence-electron chi connectivity index (χ4n) is 2.75. The summed E-state index contributed by atoms with van der Waals surface area (Å²) in [5, 5.41) is 14.0. The zero-order valence-corrected chi connectivity index (χ0v) is 13.2. The largest absolute Gasteiger partial charge is 0.349 e. The van der Waals surface area contributed by atoms with Crippen molar-refractivity contribution in [1.82, 2.24) is 5.32 Å². The number of nitrogens with one attached hydrogen (secondary N) is 1. The molecular formula is C17H16N2O3S. The van der Waals surface area contributed by atoms with Crippen LogP contribution in [-0.4, -0.2) is 16.6 Å². The van der Waals surface area contributed by atoms with Gasteiger partial charge in [0.1, 0.15) is 0 Å². The standard InChI is InChI=1S/C17H16N2O3S/c20-17(11-12-5-1-3-7-15(12)19(21)22)18-14-9-10-23-16-8-4-2-6-13(14)16/h1-8,14H,9-11H2,(H,18,20). The summed E-state index contributed by atoms with van der Waals surface area (Å²) < 4.78 is 0. The monoisotopic (exact) mass is 328 g/mol. The van der Waals surface area contributed by atoms with Crippen molar-refractivity contribution in [3.8, 4) is 0 Å². The van der Waals surface area contributed by atoms with Gasteiger partial charge in [-0.25, -0.2) is 0 Å². The van der Waals surface area contributed by atoms with Crippen LogP contribution >= 0.6 is 11.8 Å². The number of hydrogen-bond acceptors (Lipinski definition) is 4. The third-order valence-electron chi connectivity index (χ3n) is 3.83. The summed E-state index contributed by atoms with van der Waals surface area (Å²) in [6.45, 7) is 0. The van der Waals surface area contributed by atoms with E-state index in [-0.39, 0.29) is 24.1 Å². The van der Waals surface area contributed by atoms with Crippen LogP contribution in [0.2, 0.25) is 0 Å². The number of carbonyl (C=O) groups is 1. The Balaban J connectivity index is 1.73. The number of nitro benzene ring substituents is 1. The molecular weight excluding hydrogens is 312 g/mol. The van der Waals surface area contributed by atoms with Crippen LogP contribution in [0.1, 0.15) is 23.6 Å². The topological polar surface area (TPSA) is 72.2 Å². The van der Waals surface area contributed by atoms with Gasteiger partial charge in [-0.15, -0.1) is 11.8 Å². The molecule has 2 aromatic rings. The number of para-hydroxylation sites is 1. The van der Waals surface area contributed by atoms with E-state index in [0.717, 1.165) is 17.7 Å². The first-order chi connectivity index (χ1) is 11.1. The van der Waals surface area contributed by atoms with Gasteiger partial charge in [0.05, 0.1) is 17.4 Å². The van der Waals surface area contributed by atoms with E-state index in [0.29, 0.717) is 5.56 Å². The van der Waals surface area contributed by atoms with Gasteiger partial charge < -0.3 is 5.32 Å². The number of thioether (sulfide) groups is 1. The SMILES string of the molecule is O=C(Cc1ccccc1[N+](=O)[O-])NC1CCSc2ccccc21. The Labute approximate surface area is 138 Å². The number of amides is 1. The molecule has 1 aliphatic rings. The molecule has 1 amide bonds. The Morgan fingerprint density at radius 3 is 2.78 bits per heavy atom. The molecule has 6 heteroatoms. The highest BCUT2D eigenvalue weighted by molar-refractivity contribution is 7.99. The van der Waals surface area contributed by atoms with E-state index >= 15 is 0 Å². The van der Waals surface area contributed by atoms with Crippen LogP contribution in [0.5, 0.6) is 0 Å². The van der Waals surface area contributed by atoms with Crippen LogP contribution in [-0.2, 0) is 11.2 Å². The van der Waals surface area contributed by atoms with Gasteiger partial charge in [-0.1, -0.05) is 36.4 Å². The molecule has 0 spiro atoms. The van der Waals surface area contributed by atoms with Crippen LogP contribution in [0.25, 0.3) is 0 Å². The van der Waals surface area contributed by atoms with Crippen molar-refractivity contribution in [2.24, 2.45) is 0 Å². The lowest BCUT2D eigenvalue weighted by Gasteiger charge is -2.25. The first-order valence-electron chi connectivity index (χ1n) is 7.38. The van der Waals surface area contributed by atoms with E-state index in [1.54, 1.807) is 30.0 Å². The average Bonchev–Trinajstić information content (AvgIpc) is 2.55. The lowest BCUT2D eigenvalue weighted by molar-refractivity contribution is -0.385. The summed E-state index contributed by atoms with van der Waals surface area (Å²) in [4.78, 5) is 24.1. The summed E-state index contributed by atoms with van der Waals surface area (Å²) in [5.74, 6) is 0.763. The number of nitro groups is 1. The van der Waals surface area contributed by atoms with E-state index in [4.69, 9.17) is 0 Å². The molecule has 3 rings (SSSR count). The van der Waals surface area contributed by atoms with Crippen LogP contribution in [0.4, 0.5) is 5.69 Å². The summed E-state index contributed by atoms with van der Waals surface area (Å²) in [5.41, 5.74) is 1.55. The van der Waals surface area contributed by atoms with Gasteiger partial charge >= 0.3 is 0 Å². The molecule has 0 radical (unpaired) electrons. The zero-order chi connectivity index (χ0) is 16.2. The average molecular weight is 328 g/mol. The molecule has 1 unspecified atom stereocenters. The highest BCUT2D eigenvalue weighted by Crippen LogP contribution is 2.35. The molecule has 23 heavy (non-hydrogen) atoms. The van der Waals surface area contributed by atoms with Gasteiger partial charge in [0.25, 0.3) is 5.69 Å². The van der Waals surface area contributed by atoms with E-state index in [1.165, 1.54) is 11.0 Å². The molecule has 2 aromatic carbocycles. The van der Waals surface area contributed by atoms with Crippen LogP contribution in [0.3, 0.4) is 0 Å². The molecule has 0 aromatic heterocycles. The Kier molecular flexibility index (Phi) is 4.62. The van der Waals surface area contributed by atoms with Crippen molar-refractivity contribution in [2.75, 3.05) is 5.75 Å². The number of benzene rings is 2. The van der Waals surface area contributed by atoms with Gasteiger partial charge in [-0.05, 0) is 18.1 Å². The summed E-state index contributed by atoms with van der Waals surface area (Å²) in [6.07, 6.45) is 0.882. The lowest BCUT2D eigenvalue weighted by Crippen LogP contribution is -2.31. The first kappa shape index (κ1) is 15.6. The Morgan fingerprint density at radius 1 is 1.22 bits per heavy atom. The van der Waals surface area contributed by atoms with Crippen molar-refractivity contribution >= 4 is 23.4 Å². The molecule has 0 fully saturated rings. The van der Waals surface area contributed by atoms with Crippen LogP contribution in [0.15, 0.2) is 53.4 Å². The Hall–Kier alpha value is -2.34.